The van der Waals surface area contributed by atoms with Crippen LogP contribution < -0.4 is 4.90 Å². The van der Waals surface area contributed by atoms with Crippen molar-refractivity contribution < 1.29 is 26.4 Å². The van der Waals surface area contributed by atoms with E-state index in [9.17, 15) is 26.4 Å². The number of likely N-dealkylation sites (tertiary alicyclic amines) is 1. The van der Waals surface area contributed by atoms with E-state index in [1.165, 1.54) is 31.3 Å². The number of rotatable bonds is 5. The highest BCUT2D eigenvalue weighted by Crippen LogP contribution is 2.47. The molecular weight excluding hydrogens is 417 g/mol. The topological polar surface area (TPSA) is 57.7 Å². The molecule has 0 bridgehead atoms. The first-order valence-corrected chi connectivity index (χ1v) is 11.2. The van der Waals surface area contributed by atoms with E-state index >= 15 is 0 Å². The van der Waals surface area contributed by atoms with Crippen molar-refractivity contribution in [3.63, 3.8) is 0 Å². The van der Waals surface area contributed by atoms with Gasteiger partial charge in [0.1, 0.15) is 0 Å². The molecule has 1 atom stereocenters. The van der Waals surface area contributed by atoms with Crippen molar-refractivity contribution in [2.75, 3.05) is 31.3 Å². The molecule has 0 radical (unpaired) electrons. The van der Waals surface area contributed by atoms with Crippen molar-refractivity contribution in [3.05, 3.63) is 60.2 Å². The maximum Gasteiger partial charge on any atom is 0.404 e. The van der Waals surface area contributed by atoms with Crippen LogP contribution in [0.2, 0.25) is 0 Å². The molecule has 0 spiro atoms. The normalized spacial score (nSPS) is 20.3. The van der Waals surface area contributed by atoms with Gasteiger partial charge in [-0.1, -0.05) is 30.3 Å². The van der Waals surface area contributed by atoms with E-state index in [4.69, 9.17) is 0 Å². The van der Waals surface area contributed by atoms with E-state index in [1.54, 1.807) is 4.90 Å². The molecule has 0 aromatic heterocycles. The Morgan fingerprint density at radius 1 is 1.10 bits per heavy atom. The number of nitrogens with zero attached hydrogens (tertiary/aromatic N) is 2. The van der Waals surface area contributed by atoms with Gasteiger partial charge < -0.3 is 4.90 Å². The largest absolute Gasteiger partial charge is 0.404 e. The third kappa shape index (κ3) is 4.37. The number of sulfone groups is 1. The third-order valence-corrected chi connectivity index (χ3v) is 6.63. The number of anilines is 1. The van der Waals surface area contributed by atoms with Gasteiger partial charge in [0.2, 0.25) is 5.91 Å². The van der Waals surface area contributed by atoms with E-state index < -0.39 is 33.9 Å². The van der Waals surface area contributed by atoms with Crippen LogP contribution in [0.4, 0.5) is 18.9 Å². The number of hydrogen-bond donors (Lipinski definition) is 0. The number of halogens is 3. The lowest BCUT2D eigenvalue weighted by molar-refractivity contribution is -0.216. The van der Waals surface area contributed by atoms with E-state index in [1.807, 2.05) is 30.3 Å². The first kappa shape index (κ1) is 22.3. The van der Waals surface area contributed by atoms with Gasteiger partial charge in [-0.25, -0.2) is 8.42 Å². The number of amides is 1. The molecule has 0 N–H and O–H groups in total. The Bertz CT molecular complexity index is 1010. The predicted molar refractivity (Wildman–Crippen MR) is 108 cm³/mol. The molecule has 1 amide bonds. The average Bonchev–Trinajstić information content (AvgIpc) is 3.12. The summed E-state index contributed by atoms with van der Waals surface area (Å²) in [6.45, 7) is 0.0652. The molecule has 0 aliphatic carbocycles. The minimum atomic E-state index is -4.71. The van der Waals surface area contributed by atoms with Gasteiger partial charge in [0.15, 0.2) is 15.3 Å². The molecular formula is C21H23F3N2O3S. The van der Waals surface area contributed by atoms with Crippen LogP contribution in [0.1, 0.15) is 12.0 Å². The summed E-state index contributed by atoms with van der Waals surface area (Å²) in [5.41, 5.74) is -1.42. The summed E-state index contributed by atoms with van der Waals surface area (Å²) in [5.74, 6) is -1.04. The van der Waals surface area contributed by atoms with Gasteiger partial charge >= 0.3 is 6.18 Å². The van der Waals surface area contributed by atoms with E-state index in [-0.39, 0.29) is 23.5 Å². The zero-order chi connectivity index (χ0) is 22.2. The first-order chi connectivity index (χ1) is 13.9. The summed E-state index contributed by atoms with van der Waals surface area (Å²) < 4.78 is 65.5. The number of benzene rings is 2. The summed E-state index contributed by atoms with van der Waals surface area (Å²) in [7, 11) is -2.16. The molecule has 1 aliphatic rings. The molecule has 3 rings (SSSR count). The second-order valence-corrected chi connectivity index (χ2v) is 9.67. The molecule has 30 heavy (non-hydrogen) atoms. The summed E-state index contributed by atoms with van der Waals surface area (Å²) in [6.07, 6.45) is -4.00. The summed E-state index contributed by atoms with van der Waals surface area (Å²) >= 11 is 0. The highest BCUT2D eigenvalue weighted by molar-refractivity contribution is 7.90. The Labute approximate surface area is 174 Å². The Morgan fingerprint density at radius 2 is 1.70 bits per heavy atom. The third-order valence-electron chi connectivity index (χ3n) is 5.51. The Kier molecular flexibility index (Phi) is 5.97. The Morgan fingerprint density at radius 3 is 2.23 bits per heavy atom. The van der Waals surface area contributed by atoms with Crippen LogP contribution in [0.25, 0.3) is 0 Å². The van der Waals surface area contributed by atoms with Gasteiger partial charge in [-0.05, 0) is 42.8 Å². The average molecular weight is 440 g/mol. The van der Waals surface area contributed by atoms with Crippen LogP contribution in [0, 0.1) is 5.41 Å². The molecule has 1 saturated heterocycles. The first-order valence-electron chi connectivity index (χ1n) is 9.35. The minimum Gasteiger partial charge on any atom is -0.315 e. The molecule has 0 saturated carbocycles. The Balaban J connectivity index is 1.84. The van der Waals surface area contributed by atoms with Crippen LogP contribution in [-0.2, 0) is 21.2 Å². The maximum absolute atomic E-state index is 14.1. The summed E-state index contributed by atoms with van der Waals surface area (Å²) in [5, 5.41) is 0. The van der Waals surface area contributed by atoms with Crippen molar-refractivity contribution >= 4 is 21.4 Å². The second-order valence-electron chi connectivity index (χ2n) is 7.66. The predicted octanol–water partition coefficient (Wildman–Crippen LogP) is 3.51. The fourth-order valence-electron chi connectivity index (χ4n) is 3.75. The molecule has 1 heterocycles. The quantitative estimate of drug-likeness (QED) is 0.714. The molecule has 9 heteroatoms. The lowest BCUT2D eigenvalue weighted by atomic mass is 9.84. The smallest absolute Gasteiger partial charge is 0.315 e. The van der Waals surface area contributed by atoms with Crippen LogP contribution in [-0.4, -0.2) is 51.8 Å². The van der Waals surface area contributed by atoms with Gasteiger partial charge in [0.05, 0.1) is 4.90 Å². The zero-order valence-corrected chi connectivity index (χ0v) is 17.5. The van der Waals surface area contributed by atoms with Crippen LogP contribution in [0.5, 0.6) is 0 Å². The van der Waals surface area contributed by atoms with Gasteiger partial charge in [0, 0.05) is 32.1 Å². The van der Waals surface area contributed by atoms with E-state index in [2.05, 4.69) is 0 Å². The molecule has 1 fully saturated rings. The van der Waals surface area contributed by atoms with Crippen LogP contribution >= 0.6 is 0 Å². The van der Waals surface area contributed by atoms with Crippen molar-refractivity contribution in [2.24, 2.45) is 5.41 Å². The number of alkyl halides is 3. The van der Waals surface area contributed by atoms with Gasteiger partial charge in [-0.2, -0.15) is 13.2 Å². The number of carbonyl (C=O) groups excluding carboxylic acids is 1. The molecule has 2 aromatic carbocycles. The number of carbonyl (C=O) groups is 1. The SMILES string of the molecule is CN(C(=O)[C@@]1(C(F)(F)F)CCN(Cc2ccccc2)C1)c1ccc(S(C)(=O)=O)cc1. The van der Waals surface area contributed by atoms with Gasteiger partial charge in [0.25, 0.3) is 0 Å². The van der Waals surface area contributed by atoms with Gasteiger partial charge in [-0.3, -0.25) is 9.69 Å². The van der Waals surface area contributed by atoms with Crippen LogP contribution in [0.15, 0.2) is 59.5 Å². The molecule has 0 unspecified atom stereocenters. The highest BCUT2D eigenvalue weighted by atomic mass is 32.2. The monoisotopic (exact) mass is 440 g/mol. The summed E-state index contributed by atoms with van der Waals surface area (Å²) in [4.78, 5) is 15.7. The van der Waals surface area contributed by atoms with E-state index in [0.717, 1.165) is 16.7 Å². The maximum atomic E-state index is 14.1. The molecule has 1 aliphatic heterocycles. The van der Waals surface area contributed by atoms with Crippen molar-refractivity contribution in [1.29, 1.82) is 0 Å². The van der Waals surface area contributed by atoms with E-state index in [0.29, 0.717) is 6.54 Å². The fourth-order valence-corrected chi connectivity index (χ4v) is 4.38. The number of hydrogen-bond acceptors (Lipinski definition) is 4. The standard InChI is InChI=1S/C21H23F3N2O3S/c1-25(17-8-10-18(11-9-17)30(2,28)29)19(27)20(21(22,23)24)12-13-26(15-20)14-16-6-4-3-5-7-16/h3-11H,12-15H2,1-2H3/t20-/m1/s1. The molecule has 5 nitrogen and oxygen atoms in total. The van der Waals surface area contributed by atoms with Gasteiger partial charge in [-0.15, -0.1) is 0 Å². The van der Waals surface area contributed by atoms with Crippen LogP contribution in [0.3, 0.4) is 0 Å². The fraction of sp³-hybridized carbons (Fsp3) is 0.381. The van der Waals surface area contributed by atoms with Crippen molar-refractivity contribution in [1.82, 2.24) is 4.90 Å². The summed E-state index contributed by atoms with van der Waals surface area (Å²) in [6, 6.07) is 14.4. The lowest BCUT2D eigenvalue weighted by Gasteiger charge is -2.34. The van der Waals surface area contributed by atoms with Crippen molar-refractivity contribution in [2.45, 2.75) is 24.0 Å². The Hall–Kier alpha value is -2.39. The second kappa shape index (κ2) is 8.03. The zero-order valence-electron chi connectivity index (χ0n) is 16.7. The minimum absolute atomic E-state index is 0.0348. The molecule has 2 aromatic rings. The highest BCUT2D eigenvalue weighted by Gasteiger charge is 2.63. The lowest BCUT2D eigenvalue weighted by Crippen LogP contribution is -2.53. The van der Waals surface area contributed by atoms with Crippen molar-refractivity contribution in [3.8, 4) is 0 Å². The molecule has 162 valence electrons.